The first kappa shape index (κ1) is 14.2. The Hall–Kier alpha value is -1.26. The zero-order valence-corrected chi connectivity index (χ0v) is 12.0. The third-order valence-corrected chi connectivity index (χ3v) is 3.89. The van der Waals surface area contributed by atoms with Gasteiger partial charge in [-0.3, -0.25) is 0 Å². The zero-order valence-electron chi connectivity index (χ0n) is 10.5. The Kier molecular flexibility index (Phi) is 4.66. The molecule has 0 heterocycles. The van der Waals surface area contributed by atoms with Crippen molar-refractivity contribution >= 4 is 15.9 Å². The molecule has 0 aliphatic carbocycles. The molecule has 0 radical (unpaired) electrons. The van der Waals surface area contributed by atoms with Crippen molar-refractivity contribution in [2.24, 2.45) is 0 Å². The molecule has 1 N–H and O–H groups in total. The van der Waals surface area contributed by atoms with Gasteiger partial charge in [-0.05, 0) is 40.5 Å². The Labute approximate surface area is 119 Å². The molecule has 2 aromatic carbocycles. The lowest BCUT2D eigenvalue weighted by Crippen LogP contribution is -2.19. The average molecular weight is 326 g/mol. The van der Waals surface area contributed by atoms with Gasteiger partial charge in [-0.15, -0.1) is 0 Å². The van der Waals surface area contributed by atoms with Crippen LogP contribution in [0.25, 0.3) is 0 Å². The van der Waals surface area contributed by atoms with Crippen molar-refractivity contribution in [2.75, 3.05) is 0 Å². The van der Waals surface area contributed by atoms with E-state index in [1.165, 1.54) is 12.1 Å². The van der Waals surface area contributed by atoms with E-state index in [0.717, 1.165) is 5.56 Å². The molecular weight excluding hydrogens is 312 g/mol. The standard InChI is InChI=1S/C15H14BrF2N/c1-10(12-6-2-3-7-13(12)17)19-9-11-5-4-8-14(18)15(11)16/h2-8,10,19H,9H2,1H3/t10-/m1/s1. The van der Waals surface area contributed by atoms with E-state index in [0.29, 0.717) is 16.6 Å². The maximum atomic E-state index is 13.6. The van der Waals surface area contributed by atoms with Crippen LogP contribution in [-0.4, -0.2) is 0 Å². The summed E-state index contributed by atoms with van der Waals surface area (Å²) >= 11 is 3.21. The van der Waals surface area contributed by atoms with Crippen LogP contribution < -0.4 is 5.32 Å². The van der Waals surface area contributed by atoms with Gasteiger partial charge in [0.05, 0.1) is 4.47 Å². The lowest BCUT2D eigenvalue weighted by atomic mass is 10.1. The number of nitrogens with one attached hydrogen (secondary N) is 1. The van der Waals surface area contributed by atoms with E-state index in [9.17, 15) is 8.78 Å². The van der Waals surface area contributed by atoms with Crippen molar-refractivity contribution in [3.05, 3.63) is 69.7 Å². The van der Waals surface area contributed by atoms with Crippen LogP contribution in [0.4, 0.5) is 8.78 Å². The molecule has 0 amide bonds. The third-order valence-electron chi connectivity index (χ3n) is 3.00. The highest BCUT2D eigenvalue weighted by Crippen LogP contribution is 2.22. The quantitative estimate of drug-likeness (QED) is 0.867. The molecule has 0 fully saturated rings. The topological polar surface area (TPSA) is 12.0 Å². The van der Waals surface area contributed by atoms with Crippen molar-refractivity contribution in [1.82, 2.24) is 5.32 Å². The van der Waals surface area contributed by atoms with E-state index in [2.05, 4.69) is 21.2 Å². The maximum absolute atomic E-state index is 13.6. The van der Waals surface area contributed by atoms with Gasteiger partial charge in [0.15, 0.2) is 0 Å². The molecule has 0 aromatic heterocycles. The third kappa shape index (κ3) is 3.39. The molecule has 0 saturated heterocycles. The van der Waals surface area contributed by atoms with E-state index >= 15 is 0 Å². The minimum Gasteiger partial charge on any atom is -0.306 e. The molecule has 0 aliphatic heterocycles. The lowest BCUT2D eigenvalue weighted by molar-refractivity contribution is 0.525. The summed E-state index contributed by atoms with van der Waals surface area (Å²) in [5.41, 5.74) is 1.42. The Balaban J connectivity index is 2.07. The van der Waals surface area contributed by atoms with E-state index < -0.39 is 0 Å². The smallest absolute Gasteiger partial charge is 0.137 e. The molecule has 4 heteroatoms. The second-order valence-electron chi connectivity index (χ2n) is 4.34. The first-order valence-corrected chi connectivity index (χ1v) is 6.79. The first-order valence-electron chi connectivity index (χ1n) is 6.00. The number of hydrogen-bond donors (Lipinski definition) is 1. The Morgan fingerprint density at radius 3 is 2.47 bits per heavy atom. The molecule has 0 bridgehead atoms. The van der Waals surface area contributed by atoms with Crippen LogP contribution in [0.5, 0.6) is 0 Å². The van der Waals surface area contributed by atoms with E-state index in [1.54, 1.807) is 24.3 Å². The van der Waals surface area contributed by atoms with Crippen LogP contribution in [0.1, 0.15) is 24.1 Å². The summed E-state index contributed by atoms with van der Waals surface area (Å²) < 4.78 is 27.4. The van der Waals surface area contributed by atoms with Crippen molar-refractivity contribution in [3.63, 3.8) is 0 Å². The highest BCUT2D eigenvalue weighted by molar-refractivity contribution is 9.10. The molecule has 1 nitrogen and oxygen atoms in total. The van der Waals surface area contributed by atoms with Gasteiger partial charge in [0.25, 0.3) is 0 Å². The SMILES string of the molecule is C[C@@H](NCc1cccc(F)c1Br)c1ccccc1F. The Bertz CT molecular complexity index is 572. The number of halogens is 3. The lowest BCUT2D eigenvalue weighted by Gasteiger charge is -2.15. The van der Waals surface area contributed by atoms with E-state index in [1.807, 2.05) is 13.0 Å². The maximum Gasteiger partial charge on any atom is 0.137 e. The van der Waals surface area contributed by atoms with Gasteiger partial charge in [0.2, 0.25) is 0 Å². The van der Waals surface area contributed by atoms with Gasteiger partial charge in [-0.1, -0.05) is 30.3 Å². The molecule has 19 heavy (non-hydrogen) atoms. The van der Waals surface area contributed by atoms with Crippen molar-refractivity contribution in [1.29, 1.82) is 0 Å². The van der Waals surface area contributed by atoms with Gasteiger partial charge in [-0.2, -0.15) is 0 Å². The van der Waals surface area contributed by atoms with Crippen molar-refractivity contribution in [3.8, 4) is 0 Å². The molecule has 0 spiro atoms. The van der Waals surface area contributed by atoms with Gasteiger partial charge in [0, 0.05) is 18.2 Å². The number of hydrogen-bond acceptors (Lipinski definition) is 1. The van der Waals surface area contributed by atoms with Crippen LogP contribution in [0, 0.1) is 11.6 Å². The Morgan fingerprint density at radius 2 is 1.74 bits per heavy atom. The summed E-state index contributed by atoms with van der Waals surface area (Å²) in [5, 5.41) is 3.19. The Morgan fingerprint density at radius 1 is 1.05 bits per heavy atom. The minimum absolute atomic E-state index is 0.142. The summed E-state index contributed by atoms with van der Waals surface area (Å²) in [7, 11) is 0. The molecule has 0 aliphatic rings. The first-order chi connectivity index (χ1) is 9.09. The summed E-state index contributed by atoms with van der Waals surface area (Å²) in [4.78, 5) is 0. The molecular formula is C15H14BrF2N. The zero-order chi connectivity index (χ0) is 13.8. The molecule has 2 rings (SSSR count). The molecule has 100 valence electrons. The van der Waals surface area contributed by atoms with Gasteiger partial charge >= 0.3 is 0 Å². The molecule has 2 aromatic rings. The predicted molar refractivity (Wildman–Crippen MR) is 75.8 cm³/mol. The second kappa shape index (κ2) is 6.26. The summed E-state index contributed by atoms with van der Waals surface area (Å²) in [6.07, 6.45) is 0. The highest BCUT2D eigenvalue weighted by Gasteiger charge is 2.11. The van der Waals surface area contributed by atoms with Crippen molar-refractivity contribution in [2.45, 2.75) is 19.5 Å². The monoisotopic (exact) mass is 325 g/mol. The fraction of sp³-hybridized carbons (Fsp3) is 0.200. The number of rotatable bonds is 4. The minimum atomic E-state index is -0.294. The van der Waals surface area contributed by atoms with Gasteiger partial charge in [0.1, 0.15) is 11.6 Å². The fourth-order valence-corrected chi connectivity index (χ4v) is 2.29. The largest absolute Gasteiger partial charge is 0.306 e. The van der Waals surface area contributed by atoms with Crippen LogP contribution in [0.3, 0.4) is 0 Å². The second-order valence-corrected chi connectivity index (χ2v) is 5.13. The fourth-order valence-electron chi connectivity index (χ4n) is 1.88. The van der Waals surface area contributed by atoms with Crippen molar-refractivity contribution < 1.29 is 8.78 Å². The van der Waals surface area contributed by atoms with E-state index in [4.69, 9.17) is 0 Å². The summed E-state index contributed by atoms with van der Waals surface area (Å²) in [5.74, 6) is -0.529. The number of benzene rings is 2. The highest BCUT2D eigenvalue weighted by atomic mass is 79.9. The van der Waals surface area contributed by atoms with Crippen LogP contribution in [0.15, 0.2) is 46.9 Å². The van der Waals surface area contributed by atoms with Gasteiger partial charge in [-0.25, -0.2) is 8.78 Å². The van der Waals surface area contributed by atoms with Gasteiger partial charge < -0.3 is 5.32 Å². The predicted octanol–water partition coefficient (Wildman–Crippen LogP) is 4.58. The van der Waals surface area contributed by atoms with Crippen LogP contribution in [0.2, 0.25) is 0 Å². The average Bonchev–Trinajstić information content (AvgIpc) is 2.40. The molecule has 0 saturated carbocycles. The normalized spacial score (nSPS) is 12.4. The summed E-state index contributed by atoms with van der Waals surface area (Å²) in [6, 6.07) is 11.4. The molecule has 0 unspecified atom stereocenters. The summed E-state index contributed by atoms with van der Waals surface area (Å²) in [6.45, 7) is 2.35. The van der Waals surface area contributed by atoms with Crippen LogP contribution in [-0.2, 0) is 6.54 Å². The van der Waals surface area contributed by atoms with E-state index in [-0.39, 0.29) is 17.7 Å². The molecule has 1 atom stereocenters. The van der Waals surface area contributed by atoms with Crippen LogP contribution >= 0.6 is 15.9 Å².